The van der Waals surface area contributed by atoms with Crippen LogP contribution in [0, 0.1) is 0 Å². The van der Waals surface area contributed by atoms with Gasteiger partial charge >= 0.3 is 0 Å². The van der Waals surface area contributed by atoms with Crippen LogP contribution in [0.1, 0.15) is 30.9 Å². The Hall–Kier alpha value is -3.50. The summed E-state index contributed by atoms with van der Waals surface area (Å²) in [6.45, 7) is 9.25. The van der Waals surface area contributed by atoms with E-state index in [9.17, 15) is 0 Å². The van der Waals surface area contributed by atoms with Crippen molar-refractivity contribution in [3.63, 3.8) is 0 Å². The number of methoxy groups -OCH3 is 1. The van der Waals surface area contributed by atoms with Crippen molar-refractivity contribution in [2.24, 2.45) is 0 Å². The number of nitrogen functional groups attached to an aromatic ring is 1. The van der Waals surface area contributed by atoms with Gasteiger partial charge in [0.05, 0.1) is 25.0 Å². The normalized spacial score (nSPS) is 17.9. The van der Waals surface area contributed by atoms with Crippen LogP contribution in [-0.2, 0) is 24.2 Å². The minimum absolute atomic E-state index is 0.151. The number of rotatable bonds is 5. The van der Waals surface area contributed by atoms with Crippen LogP contribution in [-0.4, -0.2) is 68.4 Å². The Morgan fingerprint density at radius 2 is 2.00 bits per heavy atom. The maximum Gasteiger partial charge on any atom is 0.223 e. The van der Waals surface area contributed by atoms with Crippen LogP contribution in [0.25, 0.3) is 16.6 Å². The Morgan fingerprint density at radius 3 is 2.83 bits per heavy atom. The van der Waals surface area contributed by atoms with E-state index in [1.165, 1.54) is 5.56 Å². The largest absolute Gasteiger partial charge is 0.494 e. The Bertz CT molecular complexity index is 1420. The number of para-hydroxylation sites is 1. The molecule has 2 aliphatic heterocycles. The molecular formula is C25H30N8O2. The van der Waals surface area contributed by atoms with Crippen molar-refractivity contribution in [1.29, 1.82) is 0 Å². The number of pyridine rings is 1. The van der Waals surface area contributed by atoms with Crippen LogP contribution in [0.5, 0.6) is 5.75 Å². The molecule has 2 N–H and O–H groups in total. The molecule has 2 aliphatic rings. The highest BCUT2D eigenvalue weighted by Gasteiger charge is 2.29. The van der Waals surface area contributed by atoms with Gasteiger partial charge in [-0.05, 0) is 37.6 Å². The summed E-state index contributed by atoms with van der Waals surface area (Å²) in [6, 6.07) is 10.1. The molecule has 182 valence electrons. The van der Waals surface area contributed by atoms with Crippen molar-refractivity contribution in [1.82, 2.24) is 29.5 Å². The number of fused-ring (bicyclic) bond motifs is 4. The van der Waals surface area contributed by atoms with E-state index in [0.29, 0.717) is 29.3 Å². The summed E-state index contributed by atoms with van der Waals surface area (Å²) >= 11 is 0. The van der Waals surface area contributed by atoms with Gasteiger partial charge in [0.1, 0.15) is 17.1 Å². The third-order valence-electron chi connectivity index (χ3n) is 6.78. The van der Waals surface area contributed by atoms with Gasteiger partial charge in [-0.2, -0.15) is 4.52 Å². The number of hydrogen-bond donors (Lipinski definition) is 1. The number of anilines is 2. The van der Waals surface area contributed by atoms with Gasteiger partial charge in [-0.25, -0.2) is 15.0 Å². The minimum atomic E-state index is -0.151. The number of nitrogens with zero attached hydrogens (tertiary/aromatic N) is 7. The van der Waals surface area contributed by atoms with Gasteiger partial charge < -0.3 is 20.1 Å². The molecule has 1 aromatic carbocycles. The monoisotopic (exact) mass is 474 g/mol. The van der Waals surface area contributed by atoms with Crippen LogP contribution in [0.15, 0.2) is 30.3 Å². The topological polar surface area (TPSA) is 107 Å². The molecule has 1 fully saturated rings. The Morgan fingerprint density at radius 1 is 1.11 bits per heavy atom. The third kappa shape index (κ3) is 4.02. The van der Waals surface area contributed by atoms with Gasteiger partial charge in [-0.1, -0.05) is 12.1 Å². The molecule has 0 amide bonds. The predicted molar refractivity (Wildman–Crippen MR) is 134 cm³/mol. The van der Waals surface area contributed by atoms with Crippen molar-refractivity contribution in [2.45, 2.75) is 39.0 Å². The lowest BCUT2D eigenvalue weighted by Crippen LogP contribution is -2.48. The lowest BCUT2D eigenvalue weighted by Gasteiger charge is -2.38. The highest BCUT2D eigenvalue weighted by Crippen LogP contribution is 2.29. The highest BCUT2D eigenvalue weighted by molar-refractivity contribution is 5.95. The highest BCUT2D eigenvalue weighted by atomic mass is 16.5. The fourth-order valence-electron chi connectivity index (χ4n) is 5.05. The van der Waals surface area contributed by atoms with Gasteiger partial charge in [-0.15, -0.1) is 5.10 Å². The van der Waals surface area contributed by atoms with E-state index in [4.69, 9.17) is 25.2 Å². The molecule has 0 radical (unpaired) electrons. The van der Waals surface area contributed by atoms with Crippen molar-refractivity contribution in [3.05, 3.63) is 47.4 Å². The molecule has 3 aromatic heterocycles. The molecule has 4 aromatic rings. The van der Waals surface area contributed by atoms with E-state index in [-0.39, 0.29) is 5.60 Å². The molecule has 0 bridgehead atoms. The van der Waals surface area contributed by atoms with E-state index in [2.05, 4.69) is 45.9 Å². The summed E-state index contributed by atoms with van der Waals surface area (Å²) in [5, 5.41) is 5.50. The van der Waals surface area contributed by atoms with Crippen molar-refractivity contribution in [3.8, 4) is 5.75 Å². The molecule has 5 heterocycles. The van der Waals surface area contributed by atoms with Crippen molar-refractivity contribution in [2.75, 3.05) is 44.0 Å². The third-order valence-corrected chi connectivity index (χ3v) is 6.78. The summed E-state index contributed by atoms with van der Waals surface area (Å²) in [4.78, 5) is 19.0. The number of ether oxygens (including phenoxy) is 2. The van der Waals surface area contributed by atoms with Crippen LogP contribution in [0.3, 0.4) is 0 Å². The minimum Gasteiger partial charge on any atom is -0.494 e. The molecule has 0 unspecified atom stereocenters. The van der Waals surface area contributed by atoms with Gasteiger partial charge in [0.2, 0.25) is 5.95 Å². The van der Waals surface area contributed by atoms with Gasteiger partial charge in [0.15, 0.2) is 11.5 Å². The lowest BCUT2D eigenvalue weighted by atomic mass is 10.1. The van der Waals surface area contributed by atoms with Crippen LogP contribution in [0.4, 0.5) is 11.8 Å². The molecule has 0 aliphatic carbocycles. The summed E-state index contributed by atoms with van der Waals surface area (Å²) < 4.78 is 12.9. The Balaban J connectivity index is 1.17. The lowest BCUT2D eigenvalue weighted by molar-refractivity contribution is -0.0279. The maximum atomic E-state index is 6.19. The number of nitrogens with two attached hydrogens (primary N) is 1. The van der Waals surface area contributed by atoms with E-state index >= 15 is 0 Å². The Kier molecular flexibility index (Phi) is 5.23. The first-order chi connectivity index (χ1) is 16.9. The van der Waals surface area contributed by atoms with Crippen LogP contribution >= 0.6 is 0 Å². The zero-order chi connectivity index (χ0) is 24.2. The second kappa shape index (κ2) is 8.31. The second-order valence-corrected chi connectivity index (χ2v) is 9.86. The SMILES string of the molecule is COc1cccc2c1nc(N)n1nc(CCN3Cc4ccc(N5CCOC(C)(C)C5)nc4C3)nc21. The van der Waals surface area contributed by atoms with Crippen molar-refractivity contribution < 1.29 is 9.47 Å². The predicted octanol–water partition coefficient (Wildman–Crippen LogP) is 2.44. The summed E-state index contributed by atoms with van der Waals surface area (Å²) in [5.41, 5.74) is 9.87. The Labute approximate surface area is 203 Å². The van der Waals surface area contributed by atoms with Crippen LogP contribution < -0.4 is 15.4 Å². The standard InChI is InChI=1S/C25H30N8O2/c1-25(2)15-32(11-12-35-25)21-8-7-16-13-31(14-18(16)27-21)10-9-20-28-23-17-5-4-6-19(34-3)22(17)29-24(26)33(23)30-20/h4-8H,9-15H2,1-3H3,(H2,26,29). The molecule has 1 saturated heterocycles. The van der Waals surface area contributed by atoms with E-state index in [1.54, 1.807) is 11.6 Å². The zero-order valence-corrected chi connectivity index (χ0v) is 20.4. The smallest absolute Gasteiger partial charge is 0.223 e. The summed E-state index contributed by atoms with van der Waals surface area (Å²) in [6.07, 6.45) is 0.713. The quantitative estimate of drug-likeness (QED) is 0.467. The molecule has 10 heteroatoms. The molecule has 0 spiro atoms. The fourth-order valence-corrected chi connectivity index (χ4v) is 5.05. The van der Waals surface area contributed by atoms with Crippen LogP contribution in [0.2, 0.25) is 0 Å². The fraction of sp³-hybridized carbons (Fsp3) is 0.440. The van der Waals surface area contributed by atoms with E-state index in [0.717, 1.165) is 62.1 Å². The summed E-state index contributed by atoms with van der Waals surface area (Å²) in [5.74, 6) is 2.75. The van der Waals surface area contributed by atoms with E-state index < -0.39 is 0 Å². The summed E-state index contributed by atoms with van der Waals surface area (Å²) in [7, 11) is 1.62. The average molecular weight is 475 g/mol. The number of aromatic nitrogens is 5. The second-order valence-electron chi connectivity index (χ2n) is 9.86. The van der Waals surface area contributed by atoms with Gasteiger partial charge in [-0.3, -0.25) is 4.90 Å². The molecular weight excluding hydrogens is 444 g/mol. The average Bonchev–Trinajstić information content (AvgIpc) is 3.46. The maximum absolute atomic E-state index is 6.19. The molecule has 6 rings (SSSR count). The first-order valence-corrected chi connectivity index (χ1v) is 12.0. The number of benzene rings is 1. The number of hydrogen-bond acceptors (Lipinski definition) is 9. The molecule has 10 nitrogen and oxygen atoms in total. The first kappa shape index (κ1) is 22.0. The molecule has 0 atom stereocenters. The zero-order valence-electron chi connectivity index (χ0n) is 20.4. The molecule has 0 saturated carbocycles. The van der Waals surface area contributed by atoms with Gasteiger partial charge in [0.25, 0.3) is 0 Å². The first-order valence-electron chi connectivity index (χ1n) is 12.0. The van der Waals surface area contributed by atoms with Gasteiger partial charge in [0, 0.05) is 44.5 Å². The number of morpholine rings is 1. The van der Waals surface area contributed by atoms with Crippen molar-refractivity contribution >= 4 is 28.3 Å². The molecule has 35 heavy (non-hydrogen) atoms. The van der Waals surface area contributed by atoms with E-state index in [1.807, 2.05) is 18.2 Å².